The molecule has 1 atom stereocenters. The number of piperidine rings is 1. The van der Waals surface area contributed by atoms with E-state index in [1.165, 1.54) is 0 Å². The van der Waals surface area contributed by atoms with Crippen LogP contribution >= 0.6 is 0 Å². The summed E-state index contributed by atoms with van der Waals surface area (Å²) in [6.07, 6.45) is 5.64. The van der Waals surface area contributed by atoms with Gasteiger partial charge in [0.05, 0.1) is 6.54 Å². The van der Waals surface area contributed by atoms with E-state index in [0.29, 0.717) is 24.2 Å². The zero-order valence-electron chi connectivity index (χ0n) is 11.3. The van der Waals surface area contributed by atoms with Crippen molar-refractivity contribution < 1.29 is 9.63 Å². The smallest absolute Gasteiger partial charge is 0.241 e. The van der Waals surface area contributed by atoms with Gasteiger partial charge in [-0.05, 0) is 37.4 Å². The Hall–Kier alpha value is -1.79. The predicted octanol–water partition coefficient (Wildman–Crippen LogP) is 1.34. The molecule has 3 heterocycles. The van der Waals surface area contributed by atoms with Crippen LogP contribution in [0.2, 0.25) is 0 Å². The summed E-state index contributed by atoms with van der Waals surface area (Å²) in [5.41, 5.74) is 0.856. The van der Waals surface area contributed by atoms with Crippen LogP contribution in [0.25, 0.3) is 11.4 Å². The fourth-order valence-corrected chi connectivity index (χ4v) is 2.57. The van der Waals surface area contributed by atoms with Crippen molar-refractivity contribution in [1.82, 2.24) is 20.0 Å². The average molecular weight is 274 g/mol. The molecule has 1 unspecified atom stereocenters. The van der Waals surface area contributed by atoms with Gasteiger partial charge in [-0.1, -0.05) is 5.16 Å². The van der Waals surface area contributed by atoms with Crippen molar-refractivity contribution in [3.8, 4) is 11.4 Å². The quantitative estimate of drug-likeness (QED) is 0.906. The Bertz CT molecular complexity index is 543. The predicted molar refractivity (Wildman–Crippen MR) is 72.6 cm³/mol. The summed E-state index contributed by atoms with van der Waals surface area (Å²) >= 11 is 0. The SMILES string of the molecule is OCC1CCCN(Cc2nc(-c3cccnc3)no2)C1. The highest BCUT2D eigenvalue weighted by Gasteiger charge is 2.21. The first kappa shape index (κ1) is 13.2. The Morgan fingerprint density at radius 3 is 3.20 bits per heavy atom. The van der Waals surface area contributed by atoms with Crippen molar-refractivity contribution in [3.63, 3.8) is 0 Å². The molecule has 0 amide bonds. The summed E-state index contributed by atoms with van der Waals surface area (Å²) in [6.45, 7) is 2.80. The zero-order chi connectivity index (χ0) is 13.8. The summed E-state index contributed by atoms with van der Waals surface area (Å²) in [6, 6.07) is 3.76. The Balaban J connectivity index is 1.65. The van der Waals surface area contributed by atoms with Crippen molar-refractivity contribution in [2.24, 2.45) is 5.92 Å². The number of aliphatic hydroxyl groups is 1. The monoisotopic (exact) mass is 274 g/mol. The van der Waals surface area contributed by atoms with Crippen LogP contribution in [0.1, 0.15) is 18.7 Å². The van der Waals surface area contributed by atoms with E-state index in [4.69, 9.17) is 4.52 Å². The molecule has 6 nitrogen and oxygen atoms in total. The highest BCUT2D eigenvalue weighted by Crippen LogP contribution is 2.19. The number of aliphatic hydroxyl groups excluding tert-OH is 1. The topological polar surface area (TPSA) is 75.3 Å². The molecule has 1 aliphatic heterocycles. The lowest BCUT2D eigenvalue weighted by Gasteiger charge is -2.30. The number of rotatable bonds is 4. The Morgan fingerprint density at radius 1 is 1.45 bits per heavy atom. The van der Waals surface area contributed by atoms with Gasteiger partial charge in [-0.2, -0.15) is 4.98 Å². The molecule has 0 saturated carbocycles. The molecule has 0 bridgehead atoms. The van der Waals surface area contributed by atoms with Gasteiger partial charge in [0.15, 0.2) is 0 Å². The number of pyridine rings is 1. The van der Waals surface area contributed by atoms with Gasteiger partial charge in [-0.25, -0.2) is 0 Å². The molecule has 2 aromatic heterocycles. The summed E-state index contributed by atoms with van der Waals surface area (Å²) in [4.78, 5) is 10.7. The van der Waals surface area contributed by atoms with Crippen LogP contribution in [0.5, 0.6) is 0 Å². The minimum absolute atomic E-state index is 0.251. The summed E-state index contributed by atoms with van der Waals surface area (Å²) in [5, 5.41) is 13.2. The van der Waals surface area contributed by atoms with E-state index in [1.807, 2.05) is 12.1 Å². The van der Waals surface area contributed by atoms with E-state index in [1.54, 1.807) is 12.4 Å². The maximum atomic E-state index is 9.24. The lowest BCUT2D eigenvalue weighted by Crippen LogP contribution is -2.36. The number of hydrogen-bond acceptors (Lipinski definition) is 6. The van der Waals surface area contributed by atoms with Crippen LogP contribution in [0.15, 0.2) is 29.0 Å². The Kier molecular flexibility index (Phi) is 4.03. The first-order valence-electron chi connectivity index (χ1n) is 6.91. The van der Waals surface area contributed by atoms with Crippen LogP contribution in [-0.2, 0) is 6.54 Å². The molecule has 1 saturated heterocycles. The lowest BCUT2D eigenvalue weighted by atomic mass is 9.99. The molecule has 106 valence electrons. The van der Waals surface area contributed by atoms with Crippen LogP contribution in [0.4, 0.5) is 0 Å². The molecule has 0 radical (unpaired) electrons. The third-order valence-corrected chi connectivity index (χ3v) is 3.61. The largest absolute Gasteiger partial charge is 0.396 e. The minimum Gasteiger partial charge on any atom is -0.396 e. The molecular formula is C14H18N4O2. The first-order chi connectivity index (χ1) is 9.85. The average Bonchev–Trinajstić information content (AvgIpc) is 2.97. The van der Waals surface area contributed by atoms with Gasteiger partial charge in [0.1, 0.15) is 0 Å². The standard InChI is InChI=1S/C14H18N4O2/c19-10-11-3-2-6-18(8-11)9-13-16-14(17-20-13)12-4-1-5-15-7-12/h1,4-5,7,11,19H,2-3,6,8-10H2. The summed E-state index contributed by atoms with van der Waals surface area (Å²) in [7, 11) is 0. The summed E-state index contributed by atoms with van der Waals surface area (Å²) < 4.78 is 5.30. The van der Waals surface area contributed by atoms with E-state index in [9.17, 15) is 5.11 Å². The number of hydrogen-bond donors (Lipinski definition) is 1. The molecule has 20 heavy (non-hydrogen) atoms. The van der Waals surface area contributed by atoms with Crippen molar-refractivity contribution in [3.05, 3.63) is 30.4 Å². The van der Waals surface area contributed by atoms with Crippen molar-refractivity contribution in [1.29, 1.82) is 0 Å². The third-order valence-electron chi connectivity index (χ3n) is 3.61. The van der Waals surface area contributed by atoms with E-state index < -0.39 is 0 Å². The number of likely N-dealkylation sites (tertiary alicyclic amines) is 1. The molecule has 6 heteroatoms. The fourth-order valence-electron chi connectivity index (χ4n) is 2.57. The lowest BCUT2D eigenvalue weighted by molar-refractivity contribution is 0.107. The van der Waals surface area contributed by atoms with Gasteiger partial charge in [-0.15, -0.1) is 0 Å². The van der Waals surface area contributed by atoms with Gasteiger partial charge < -0.3 is 9.63 Å². The minimum atomic E-state index is 0.251. The Morgan fingerprint density at radius 2 is 2.40 bits per heavy atom. The molecule has 1 N–H and O–H groups in total. The maximum absolute atomic E-state index is 9.24. The number of nitrogens with zero attached hydrogens (tertiary/aromatic N) is 4. The second-order valence-corrected chi connectivity index (χ2v) is 5.18. The number of aromatic nitrogens is 3. The van der Waals surface area contributed by atoms with Gasteiger partial charge in [0, 0.05) is 31.1 Å². The maximum Gasteiger partial charge on any atom is 0.241 e. The van der Waals surface area contributed by atoms with Gasteiger partial charge in [0.25, 0.3) is 0 Å². The summed E-state index contributed by atoms with van der Waals surface area (Å²) in [5.74, 6) is 1.55. The first-order valence-corrected chi connectivity index (χ1v) is 6.91. The van der Waals surface area contributed by atoms with Crippen LogP contribution in [0.3, 0.4) is 0 Å². The molecule has 1 fully saturated rings. The highest BCUT2D eigenvalue weighted by atomic mass is 16.5. The molecule has 0 aliphatic carbocycles. The van der Waals surface area contributed by atoms with E-state index in [-0.39, 0.29) is 6.61 Å². The highest BCUT2D eigenvalue weighted by molar-refractivity contribution is 5.51. The molecular weight excluding hydrogens is 256 g/mol. The van der Waals surface area contributed by atoms with Crippen molar-refractivity contribution >= 4 is 0 Å². The van der Waals surface area contributed by atoms with E-state index in [0.717, 1.165) is 31.5 Å². The molecule has 3 rings (SSSR count). The van der Waals surface area contributed by atoms with Crippen LogP contribution in [0, 0.1) is 5.92 Å². The van der Waals surface area contributed by atoms with Crippen LogP contribution < -0.4 is 0 Å². The molecule has 0 spiro atoms. The third kappa shape index (κ3) is 3.02. The molecule has 0 aromatic carbocycles. The second kappa shape index (κ2) is 6.11. The fraction of sp³-hybridized carbons (Fsp3) is 0.500. The van der Waals surface area contributed by atoms with E-state index >= 15 is 0 Å². The van der Waals surface area contributed by atoms with Gasteiger partial charge in [0.2, 0.25) is 11.7 Å². The van der Waals surface area contributed by atoms with Crippen molar-refractivity contribution in [2.75, 3.05) is 19.7 Å². The van der Waals surface area contributed by atoms with E-state index in [2.05, 4.69) is 20.0 Å². The van der Waals surface area contributed by atoms with Gasteiger partial charge in [-0.3, -0.25) is 9.88 Å². The van der Waals surface area contributed by atoms with Gasteiger partial charge >= 0.3 is 0 Å². The van der Waals surface area contributed by atoms with Crippen LogP contribution in [-0.4, -0.2) is 44.8 Å². The second-order valence-electron chi connectivity index (χ2n) is 5.18. The molecule has 1 aliphatic rings. The van der Waals surface area contributed by atoms with Crippen molar-refractivity contribution in [2.45, 2.75) is 19.4 Å². The Labute approximate surface area is 117 Å². The molecule has 2 aromatic rings. The normalized spacial score (nSPS) is 20.1. The zero-order valence-corrected chi connectivity index (χ0v) is 11.3.